The standard InChI is InChI=1S/C37H61NO9.C2H4O2/c1-18-15-21(30(33(5,6)43)45-19(2)39)46-28-25(18)34(7)13-14-37-17-36(37)12-11-24(47-31-27(42)26(41)20(40)16-44-31)32(3,4)22(36)9-10-23(37)35(34,8)29(28)38;1-2(3)4/h18,20-31,40-43H,9-17,38H2,1-8H3;1H3,(H,3,4)/t18-,20-,21-,22+,23+,24+,25?,26+,27-,28?,29?,30+,31+,34-,35-,36-,37+;/m1./s1. The van der Waals surface area contributed by atoms with Crippen LogP contribution in [-0.2, 0) is 28.5 Å². The molecule has 2 aliphatic heterocycles. The van der Waals surface area contributed by atoms with E-state index >= 15 is 0 Å². The molecule has 12 heteroatoms. The van der Waals surface area contributed by atoms with Gasteiger partial charge < -0.3 is 50.2 Å². The Labute approximate surface area is 303 Å². The van der Waals surface area contributed by atoms with Gasteiger partial charge in [0.15, 0.2) is 12.4 Å². The normalized spacial score (nSPS) is 51.6. The Morgan fingerprint density at radius 1 is 0.941 bits per heavy atom. The molecule has 51 heavy (non-hydrogen) atoms. The highest BCUT2D eigenvalue weighted by Crippen LogP contribution is 2.89. The van der Waals surface area contributed by atoms with Crippen LogP contribution in [0.5, 0.6) is 0 Å². The van der Waals surface area contributed by atoms with Crippen molar-refractivity contribution in [2.45, 2.75) is 174 Å². The van der Waals surface area contributed by atoms with Crippen LogP contribution in [0.2, 0.25) is 0 Å². The molecule has 0 aromatic rings. The van der Waals surface area contributed by atoms with Gasteiger partial charge in [-0.1, -0.05) is 34.6 Å². The Kier molecular flexibility index (Phi) is 9.91. The maximum atomic E-state index is 12.1. The van der Waals surface area contributed by atoms with E-state index in [9.17, 15) is 25.2 Å². The minimum absolute atomic E-state index is 0.00928. The molecule has 0 amide bonds. The fraction of sp³-hybridized carbons (Fsp3) is 0.949. The van der Waals surface area contributed by atoms with Gasteiger partial charge in [-0.15, -0.1) is 0 Å². The smallest absolute Gasteiger partial charge is 0.303 e. The van der Waals surface area contributed by atoms with Crippen molar-refractivity contribution in [1.29, 1.82) is 0 Å². The van der Waals surface area contributed by atoms with E-state index in [-0.39, 0.29) is 51.9 Å². The van der Waals surface area contributed by atoms with Crippen molar-refractivity contribution < 1.29 is 54.1 Å². The number of carboxylic acid groups (broad SMARTS) is 1. The first-order valence-electron chi connectivity index (χ1n) is 19.3. The second kappa shape index (κ2) is 12.9. The lowest BCUT2D eigenvalue weighted by Crippen LogP contribution is -2.62. The van der Waals surface area contributed by atoms with Crippen LogP contribution in [0.15, 0.2) is 0 Å². The van der Waals surface area contributed by atoms with Crippen LogP contribution in [-0.4, -0.2) is 105 Å². The van der Waals surface area contributed by atoms with Gasteiger partial charge in [-0.05, 0) is 116 Å². The molecule has 5 saturated carbocycles. The second-order valence-corrected chi connectivity index (χ2v) is 19.2. The first-order valence-corrected chi connectivity index (χ1v) is 19.3. The Balaban J connectivity index is 0.00000107. The number of carbonyl (C=O) groups is 2. The Morgan fingerprint density at radius 2 is 1.55 bits per heavy atom. The largest absolute Gasteiger partial charge is 0.481 e. The van der Waals surface area contributed by atoms with Crippen LogP contribution in [0, 0.1) is 50.7 Å². The van der Waals surface area contributed by atoms with Gasteiger partial charge in [-0.3, -0.25) is 9.59 Å². The lowest BCUT2D eigenvalue weighted by atomic mass is 9.41. The van der Waals surface area contributed by atoms with Crippen LogP contribution in [0.4, 0.5) is 0 Å². The summed E-state index contributed by atoms with van der Waals surface area (Å²) in [6.45, 7) is 17.7. The highest BCUT2D eigenvalue weighted by atomic mass is 16.7. The first kappa shape index (κ1) is 39.3. The number of rotatable bonds is 5. The lowest BCUT2D eigenvalue weighted by Gasteiger charge is -2.64. The second-order valence-electron chi connectivity index (χ2n) is 19.2. The number of esters is 1. The summed E-state index contributed by atoms with van der Waals surface area (Å²) < 4.78 is 24.8. The number of fused-ring (bicyclic) bond motifs is 4. The van der Waals surface area contributed by atoms with E-state index in [4.69, 9.17) is 34.6 Å². The monoisotopic (exact) mass is 723 g/mol. The topological polar surface area (TPSA) is 198 Å². The van der Waals surface area contributed by atoms with Crippen LogP contribution in [0.3, 0.4) is 0 Å². The molecular formula is C39H65NO11. The molecule has 0 aromatic heterocycles. The molecule has 2 heterocycles. The molecule has 7 aliphatic rings. The average molecular weight is 724 g/mol. The molecule has 2 saturated heterocycles. The summed E-state index contributed by atoms with van der Waals surface area (Å²) in [4.78, 5) is 21.1. The number of hydrogen-bond donors (Lipinski definition) is 6. The van der Waals surface area contributed by atoms with Gasteiger partial charge in [-0.2, -0.15) is 0 Å². The maximum Gasteiger partial charge on any atom is 0.303 e. The molecular weight excluding hydrogens is 658 g/mol. The van der Waals surface area contributed by atoms with E-state index in [1.54, 1.807) is 13.8 Å². The predicted molar refractivity (Wildman–Crippen MR) is 186 cm³/mol. The van der Waals surface area contributed by atoms with Gasteiger partial charge in [0.05, 0.1) is 30.5 Å². The van der Waals surface area contributed by atoms with Crippen LogP contribution in [0.1, 0.15) is 114 Å². The van der Waals surface area contributed by atoms with Crippen LogP contribution >= 0.6 is 0 Å². The summed E-state index contributed by atoms with van der Waals surface area (Å²) in [6.07, 6.45) is 2.27. The van der Waals surface area contributed by atoms with E-state index in [1.807, 2.05) is 0 Å². The van der Waals surface area contributed by atoms with E-state index < -0.39 is 54.3 Å². The van der Waals surface area contributed by atoms with Gasteiger partial charge in [0, 0.05) is 19.9 Å². The molecule has 17 atom stereocenters. The molecule has 292 valence electrons. The summed E-state index contributed by atoms with van der Waals surface area (Å²) in [7, 11) is 0. The number of aliphatic hydroxyl groups is 4. The van der Waals surface area contributed by atoms with Crippen LogP contribution < -0.4 is 5.73 Å². The van der Waals surface area contributed by atoms with E-state index in [2.05, 4.69) is 34.6 Å². The van der Waals surface area contributed by atoms with Crippen LogP contribution in [0.25, 0.3) is 0 Å². The Hall–Kier alpha value is -1.38. The molecule has 0 radical (unpaired) electrons. The molecule has 5 aliphatic carbocycles. The zero-order valence-electron chi connectivity index (χ0n) is 32.1. The van der Waals surface area contributed by atoms with Gasteiger partial charge in [0.1, 0.15) is 18.3 Å². The Bertz CT molecular complexity index is 1350. The third kappa shape index (κ3) is 5.75. The minimum Gasteiger partial charge on any atom is -0.481 e. The van der Waals surface area contributed by atoms with Crippen molar-refractivity contribution in [2.24, 2.45) is 56.5 Å². The fourth-order valence-electron chi connectivity index (χ4n) is 13.8. The molecule has 7 fully saturated rings. The summed E-state index contributed by atoms with van der Waals surface area (Å²) in [6, 6.07) is -0.168. The van der Waals surface area contributed by atoms with Gasteiger partial charge >= 0.3 is 5.97 Å². The minimum atomic E-state index is -1.28. The van der Waals surface area contributed by atoms with Crippen molar-refractivity contribution >= 4 is 11.9 Å². The summed E-state index contributed by atoms with van der Waals surface area (Å²) in [5.41, 5.74) is 6.42. The van der Waals surface area contributed by atoms with Crippen molar-refractivity contribution in [2.75, 3.05) is 6.61 Å². The number of carboxylic acids is 1. The maximum absolute atomic E-state index is 12.1. The van der Waals surface area contributed by atoms with E-state index in [0.717, 1.165) is 39.0 Å². The molecule has 7 N–H and O–H groups in total. The van der Waals surface area contributed by atoms with Crippen molar-refractivity contribution in [1.82, 2.24) is 0 Å². The number of ether oxygens (including phenoxy) is 4. The number of aliphatic carboxylic acids is 1. The zero-order chi connectivity index (χ0) is 37.9. The summed E-state index contributed by atoms with van der Waals surface area (Å²) >= 11 is 0. The van der Waals surface area contributed by atoms with Crippen molar-refractivity contribution in [3.05, 3.63) is 0 Å². The molecule has 7 rings (SSSR count). The molecule has 12 nitrogen and oxygen atoms in total. The van der Waals surface area contributed by atoms with Gasteiger partial charge in [-0.25, -0.2) is 0 Å². The Morgan fingerprint density at radius 3 is 2.16 bits per heavy atom. The quantitative estimate of drug-likeness (QED) is 0.179. The van der Waals surface area contributed by atoms with Gasteiger partial charge in [0.2, 0.25) is 0 Å². The summed E-state index contributed by atoms with van der Waals surface area (Å²) in [5, 5.41) is 49.3. The third-order valence-electron chi connectivity index (χ3n) is 16.0. The highest BCUT2D eigenvalue weighted by Gasteiger charge is 2.84. The number of hydrogen-bond acceptors (Lipinski definition) is 11. The molecule has 0 bridgehead atoms. The van der Waals surface area contributed by atoms with Crippen molar-refractivity contribution in [3.8, 4) is 0 Å². The molecule has 2 spiro atoms. The predicted octanol–water partition coefficient (Wildman–Crippen LogP) is 3.38. The number of aliphatic hydroxyl groups excluding tert-OH is 3. The third-order valence-corrected chi connectivity index (χ3v) is 16.0. The van der Waals surface area contributed by atoms with E-state index in [1.165, 1.54) is 19.8 Å². The molecule has 0 aromatic carbocycles. The summed E-state index contributed by atoms with van der Waals surface area (Å²) in [5.74, 6) is 0.286. The average Bonchev–Trinajstić information content (AvgIpc) is 3.65. The lowest BCUT2D eigenvalue weighted by molar-refractivity contribution is -0.302. The fourth-order valence-corrected chi connectivity index (χ4v) is 13.8. The highest BCUT2D eigenvalue weighted by molar-refractivity contribution is 5.66. The first-order chi connectivity index (χ1) is 23.5. The van der Waals surface area contributed by atoms with Crippen molar-refractivity contribution in [3.63, 3.8) is 0 Å². The zero-order valence-corrected chi connectivity index (χ0v) is 32.1. The SMILES string of the molecule is CC(=O)O.CC(=O)O[C@@H]([C@H]1C[C@@H](C)C2C(O1)C(N)[C@@]1(C)[C@@H]3CC[C@H]4C(C)(C)[C@@H](O[C@@H]5OC[C@@H](O)[C@H](O)[C@H]5O)CC[C@@]45C[C@@]35CC[C@]21C)C(C)(C)O. The van der Waals surface area contributed by atoms with Gasteiger partial charge in [0.25, 0.3) is 5.97 Å². The number of nitrogens with two attached hydrogens (primary N) is 1. The molecule has 3 unspecified atom stereocenters. The number of carbonyl (C=O) groups excluding carboxylic acids is 1. The van der Waals surface area contributed by atoms with E-state index in [0.29, 0.717) is 30.1 Å².